The van der Waals surface area contributed by atoms with Crippen LogP contribution in [-0.4, -0.2) is 24.7 Å². The van der Waals surface area contributed by atoms with Crippen molar-refractivity contribution in [1.82, 2.24) is 24.7 Å². The molecule has 158 valence electrons. The fraction of sp³-hybridized carbons (Fsp3) is 0.231. The highest BCUT2D eigenvalue weighted by Crippen LogP contribution is 2.36. The molecule has 0 saturated heterocycles. The van der Waals surface area contributed by atoms with Crippen molar-refractivity contribution in [3.05, 3.63) is 67.0 Å². The van der Waals surface area contributed by atoms with Gasteiger partial charge in [-0.15, -0.1) is 0 Å². The summed E-state index contributed by atoms with van der Waals surface area (Å²) in [6.45, 7) is 0. The number of hydrogen-bond acceptors (Lipinski definition) is 5. The number of pyridine rings is 1. The minimum Gasteiger partial charge on any atom is -0.383 e. The van der Waals surface area contributed by atoms with Gasteiger partial charge in [-0.05, 0) is 25.0 Å². The molecule has 6 nitrogen and oxygen atoms in total. The summed E-state index contributed by atoms with van der Waals surface area (Å²) in [6.07, 6.45) is 7.53. The number of aromatic nitrogens is 5. The monoisotopic (exact) mass is 420 g/mol. The van der Waals surface area contributed by atoms with Crippen molar-refractivity contribution in [3.8, 4) is 22.5 Å². The van der Waals surface area contributed by atoms with Crippen molar-refractivity contribution in [2.75, 3.05) is 5.73 Å². The van der Waals surface area contributed by atoms with E-state index < -0.39 is 0 Å². The van der Waals surface area contributed by atoms with E-state index in [0.29, 0.717) is 11.9 Å². The summed E-state index contributed by atoms with van der Waals surface area (Å²) in [7, 11) is 0. The van der Waals surface area contributed by atoms with Gasteiger partial charge >= 0.3 is 0 Å². The quantitative estimate of drug-likeness (QED) is 0.399. The van der Waals surface area contributed by atoms with Gasteiger partial charge in [0.05, 0.1) is 22.6 Å². The van der Waals surface area contributed by atoms with E-state index in [-0.39, 0.29) is 0 Å². The number of nitrogens with two attached hydrogens (primary N) is 1. The number of anilines is 1. The molecule has 1 saturated carbocycles. The number of fused-ring (bicyclic) bond motifs is 2. The van der Waals surface area contributed by atoms with Crippen molar-refractivity contribution in [1.29, 1.82) is 0 Å². The van der Waals surface area contributed by atoms with E-state index in [2.05, 4.69) is 57.1 Å². The van der Waals surface area contributed by atoms with Gasteiger partial charge in [-0.25, -0.2) is 19.6 Å². The van der Waals surface area contributed by atoms with Crippen LogP contribution < -0.4 is 5.73 Å². The lowest BCUT2D eigenvalue weighted by atomic mass is 9.96. The summed E-state index contributed by atoms with van der Waals surface area (Å²) in [5.41, 5.74) is 12.0. The Labute approximate surface area is 186 Å². The molecule has 0 amide bonds. The van der Waals surface area contributed by atoms with Gasteiger partial charge in [0.1, 0.15) is 17.8 Å². The molecule has 0 bridgehead atoms. The summed E-state index contributed by atoms with van der Waals surface area (Å²) in [4.78, 5) is 13.8. The molecule has 0 atom stereocenters. The van der Waals surface area contributed by atoms with Crippen molar-refractivity contribution >= 4 is 27.8 Å². The second-order valence-corrected chi connectivity index (χ2v) is 8.51. The van der Waals surface area contributed by atoms with Crippen LogP contribution in [-0.2, 0) is 0 Å². The topological polar surface area (TPSA) is 82.5 Å². The first-order chi connectivity index (χ1) is 15.8. The van der Waals surface area contributed by atoms with Gasteiger partial charge in [0.2, 0.25) is 0 Å². The smallest absolute Gasteiger partial charge is 0.164 e. The Hall–Kier alpha value is -3.80. The maximum absolute atomic E-state index is 6.33. The second kappa shape index (κ2) is 7.71. The van der Waals surface area contributed by atoms with Crippen LogP contribution in [0.2, 0.25) is 0 Å². The number of nitrogens with zero attached hydrogens (tertiary/aromatic N) is 5. The molecule has 3 heterocycles. The zero-order valence-electron chi connectivity index (χ0n) is 17.8. The van der Waals surface area contributed by atoms with Crippen LogP contribution in [0.4, 0.5) is 5.82 Å². The fourth-order valence-corrected chi connectivity index (χ4v) is 4.81. The van der Waals surface area contributed by atoms with E-state index in [4.69, 9.17) is 15.8 Å². The molecule has 6 rings (SSSR count). The molecule has 2 N–H and O–H groups in total. The largest absolute Gasteiger partial charge is 0.383 e. The fourth-order valence-electron chi connectivity index (χ4n) is 4.81. The van der Waals surface area contributed by atoms with Crippen molar-refractivity contribution in [3.63, 3.8) is 0 Å². The second-order valence-electron chi connectivity index (χ2n) is 8.51. The Morgan fingerprint density at radius 1 is 0.844 bits per heavy atom. The highest BCUT2D eigenvalue weighted by molar-refractivity contribution is 6.00. The predicted molar refractivity (Wildman–Crippen MR) is 128 cm³/mol. The predicted octanol–water partition coefficient (Wildman–Crippen LogP) is 5.80. The van der Waals surface area contributed by atoms with Crippen LogP contribution >= 0.6 is 0 Å². The standard InChI is InChI=1S/C26H24N6/c27-25-23-24(31-32(26(23)29-16-28-25)20-9-5-2-6-10-20)19-12-11-18-13-14-21(30-22(18)15-19)17-7-3-1-4-8-17/h1,3-4,7-8,11-16,20H,2,5-6,9-10H2,(H2,27,28,29). The highest BCUT2D eigenvalue weighted by atomic mass is 15.3. The Balaban J connectivity index is 1.51. The highest BCUT2D eigenvalue weighted by Gasteiger charge is 2.23. The summed E-state index contributed by atoms with van der Waals surface area (Å²) >= 11 is 0. The van der Waals surface area contributed by atoms with Gasteiger partial charge < -0.3 is 5.73 Å². The summed E-state index contributed by atoms with van der Waals surface area (Å²) in [5.74, 6) is 0.471. The minimum absolute atomic E-state index is 0.359. The first-order valence-corrected chi connectivity index (χ1v) is 11.2. The normalized spacial score (nSPS) is 14.9. The third-order valence-electron chi connectivity index (χ3n) is 6.47. The zero-order valence-corrected chi connectivity index (χ0v) is 17.8. The Bertz CT molecular complexity index is 1420. The van der Waals surface area contributed by atoms with Crippen molar-refractivity contribution in [2.24, 2.45) is 0 Å². The third kappa shape index (κ3) is 3.19. The molecular formula is C26H24N6. The molecule has 0 radical (unpaired) electrons. The molecule has 1 fully saturated rings. The van der Waals surface area contributed by atoms with Crippen LogP contribution in [0.15, 0.2) is 67.0 Å². The molecule has 1 aliphatic carbocycles. The van der Waals surface area contributed by atoms with Crippen LogP contribution in [0.5, 0.6) is 0 Å². The number of benzene rings is 2. The number of rotatable bonds is 3. The van der Waals surface area contributed by atoms with Gasteiger partial charge in [-0.1, -0.05) is 67.8 Å². The first-order valence-electron chi connectivity index (χ1n) is 11.2. The lowest BCUT2D eigenvalue weighted by molar-refractivity contribution is 0.336. The minimum atomic E-state index is 0.359. The molecule has 2 aromatic carbocycles. The van der Waals surface area contributed by atoms with Crippen molar-refractivity contribution < 1.29 is 0 Å². The molecule has 6 heteroatoms. The van der Waals surface area contributed by atoms with Crippen molar-refractivity contribution in [2.45, 2.75) is 38.1 Å². The van der Waals surface area contributed by atoms with E-state index in [1.54, 1.807) is 0 Å². The van der Waals surface area contributed by atoms with E-state index >= 15 is 0 Å². The molecule has 3 aromatic heterocycles. The average Bonchev–Trinajstić information content (AvgIpc) is 3.25. The van der Waals surface area contributed by atoms with E-state index in [1.165, 1.54) is 25.6 Å². The van der Waals surface area contributed by atoms with E-state index in [1.807, 2.05) is 18.2 Å². The van der Waals surface area contributed by atoms with Gasteiger partial charge in [0, 0.05) is 16.5 Å². The van der Waals surface area contributed by atoms with Crippen LogP contribution in [0, 0.1) is 0 Å². The molecule has 1 aliphatic rings. The molecule has 0 aliphatic heterocycles. The molecule has 5 aromatic rings. The third-order valence-corrected chi connectivity index (χ3v) is 6.47. The zero-order chi connectivity index (χ0) is 21.5. The van der Waals surface area contributed by atoms with Gasteiger partial charge in [0.25, 0.3) is 0 Å². The van der Waals surface area contributed by atoms with Gasteiger partial charge in [-0.2, -0.15) is 5.10 Å². The van der Waals surface area contributed by atoms with Gasteiger partial charge in [-0.3, -0.25) is 0 Å². The SMILES string of the molecule is Nc1ncnc2c1c(-c1ccc3ccc(-c4ccccc4)nc3c1)nn2C1CCCCC1. The Morgan fingerprint density at radius 3 is 2.50 bits per heavy atom. The molecule has 32 heavy (non-hydrogen) atoms. The lowest BCUT2D eigenvalue weighted by Gasteiger charge is -2.22. The maximum Gasteiger partial charge on any atom is 0.164 e. The number of nitrogen functional groups attached to an aromatic ring is 1. The van der Waals surface area contributed by atoms with Crippen LogP contribution in [0.3, 0.4) is 0 Å². The van der Waals surface area contributed by atoms with Crippen LogP contribution in [0.1, 0.15) is 38.1 Å². The Kier molecular flexibility index (Phi) is 4.56. The molecule has 0 unspecified atom stereocenters. The maximum atomic E-state index is 6.33. The Morgan fingerprint density at radius 2 is 1.66 bits per heavy atom. The molecule has 0 spiro atoms. The summed E-state index contributed by atoms with van der Waals surface area (Å²) in [5, 5.41) is 6.96. The van der Waals surface area contributed by atoms with Crippen LogP contribution in [0.25, 0.3) is 44.5 Å². The number of hydrogen-bond donors (Lipinski definition) is 1. The average molecular weight is 421 g/mol. The lowest BCUT2D eigenvalue weighted by Crippen LogP contribution is -2.14. The van der Waals surface area contributed by atoms with E-state index in [0.717, 1.165) is 57.3 Å². The summed E-state index contributed by atoms with van der Waals surface area (Å²) in [6, 6.07) is 21.1. The summed E-state index contributed by atoms with van der Waals surface area (Å²) < 4.78 is 2.08. The van der Waals surface area contributed by atoms with Gasteiger partial charge in [0.15, 0.2) is 5.65 Å². The first kappa shape index (κ1) is 18.9. The molecular weight excluding hydrogens is 396 g/mol. The van der Waals surface area contributed by atoms with E-state index in [9.17, 15) is 0 Å².